The standard InChI is InChI=1S/C13H16O3/c1-4-16-13(15)6-5-12-9(2)7-11(14)8-10(12)3/h5-8,14H,4H2,1-3H3/b6-5+. The molecule has 3 nitrogen and oxygen atoms in total. The molecule has 0 aliphatic heterocycles. The van der Waals surface area contributed by atoms with Crippen LogP contribution in [0.5, 0.6) is 5.75 Å². The topological polar surface area (TPSA) is 46.5 Å². The Morgan fingerprint density at radius 3 is 2.44 bits per heavy atom. The van der Waals surface area contributed by atoms with Crippen LogP contribution in [0, 0.1) is 13.8 Å². The Kier molecular flexibility index (Phi) is 4.11. The number of hydrogen-bond acceptors (Lipinski definition) is 3. The zero-order chi connectivity index (χ0) is 12.1. The summed E-state index contributed by atoms with van der Waals surface area (Å²) in [5.74, 6) is -0.113. The molecule has 0 saturated carbocycles. The molecule has 0 bridgehead atoms. The number of ether oxygens (including phenoxy) is 1. The lowest BCUT2D eigenvalue weighted by molar-refractivity contribution is -0.137. The van der Waals surface area contributed by atoms with Crippen LogP contribution in [-0.4, -0.2) is 17.7 Å². The summed E-state index contributed by atoms with van der Waals surface area (Å²) in [6.07, 6.45) is 3.11. The number of hydrogen-bond donors (Lipinski definition) is 1. The first-order valence-electron chi connectivity index (χ1n) is 5.19. The Hall–Kier alpha value is -1.77. The van der Waals surface area contributed by atoms with Gasteiger partial charge in [0.15, 0.2) is 0 Å². The molecule has 0 aromatic heterocycles. The third-order valence-electron chi connectivity index (χ3n) is 2.25. The van der Waals surface area contributed by atoms with E-state index in [1.54, 1.807) is 25.1 Å². The molecule has 1 N–H and O–H groups in total. The zero-order valence-corrected chi connectivity index (χ0v) is 9.78. The van der Waals surface area contributed by atoms with Crippen LogP contribution >= 0.6 is 0 Å². The summed E-state index contributed by atoms with van der Waals surface area (Å²) in [4.78, 5) is 11.1. The van der Waals surface area contributed by atoms with Crippen molar-refractivity contribution < 1.29 is 14.6 Å². The first kappa shape index (κ1) is 12.3. The molecule has 0 fully saturated rings. The van der Waals surface area contributed by atoms with Crippen molar-refractivity contribution in [2.75, 3.05) is 6.61 Å². The van der Waals surface area contributed by atoms with Gasteiger partial charge in [0, 0.05) is 6.08 Å². The maximum atomic E-state index is 11.1. The highest BCUT2D eigenvalue weighted by Crippen LogP contribution is 2.21. The van der Waals surface area contributed by atoms with E-state index < -0.39 is 0 Å². The fraction of sp³-hybridized carbons (Fsp3) is 0.308. The molecule has 0 spiro atoms. The molecule has 86 valence electrons. The van der Waals surface area contributed by atoms with Crippen LogP contribution in [0.4, 0.5) is 0 Å². The van der Waals surface area contributed by atoms with E-state index >= 15 is 0 Å². The number of aromatic hydroxyl groups is 1. The summed E-state index contributed by atoms with van der Waals surface area (Å²) >= 11 is 0. The lowest BCUT2D eigenvalue weighted by atomic mass is 10.0. The average molecular weight is 220 g/mol. The largest absolute Gasteiger partial charge is 0.508 e. The summed E-state index contributed by atoms with van der Waals surface area (Å²) in [6.45, 7) is 5.91. The Bertz CT molecular complexity index is 396. The Labute approximate surface area is 95.4 Å². The number of benzene rings is 1. The second-order valence-electron chi connectivity index (χ2n) is 3.58. The van der Waals surface area contributed by atoms with Crippen LogP contribution in [0.15, 0.2) is 18.2 Å². The average Bonchev–Trinajstić information content (AvgIpc) is 2.16. The monoisotopic (exact) mass is 220 g/mol. The van der Waals surface area contributed by atoms with Crippen LogP contribution < -0.4 is 0 Å². The van der Waals surface area contributed by atoms with Crippen LogP contribution in [0.2, 0.25) is 0 Å². The van der Waals surface area contributed by atoms with Crippen molar-refractivity contribution in [2.45, 2.75) is 20.8 Å². The minimum atomic E-state index is -0.352. The SMILES string of the molecule is CCOC(=O)/C=C/c1c(C)cc(O)cc1C. The lowest BCUT2D eigenvalue weighted by Crippen LogP contribution is -1.99. The maximum absolute atomic E-state index is 11.1. The van der Waals surface area contributed by atoms with Gasteiger partial charge in [-0.1, -0.05) is 0 Å². The highest BCUT2D eigenvalue weighted by atomic mass is 16.5. The van der Waals surface area contributed by atoms with Crippen molar-refractivity contribution in [3.05, 3.63) is 34.9 Å². The second-order valence-corrected chi connectivity index (χ2v) is 3.58. The summed E-state index contributed by atoms with van der Waals surface area (Å²) in [6, 6.07) is 3.33. The van der Waals surface area contributed by atoms with Crippen molar-refractivity contribution in [1.82, 2.24) is 0 Å². The number of carbonyl (C=O) groups is 1. The van der Waals surface area contributed by atoms with Crippen LogP contribution in [0.1, 0.15) is 23.6 Å². The first-order chi connectivity index (χ1) is 7.54. The minimum Gasteiger partial charge on any atom is -0.508 e. The van der Waals surface area contributed by atoms with Crippen molar-refractivity contribution in [3.8, 4) is 5.75 Å². The highest BCUT2D eigenvalue weighted by molar-refractivity contribution is 5.87. The summed E-state index contributed by atoms with van der Waals surface area (Å²) in [5, 5.41) is 9.36. The predicted octanol–water partition coefficient (Wildman–Crippen LogP) is 2.59. The predicted molar refractivity (Wildman–Crippen MR) is 63.2 cm³/mol. The molecular weight excluding hydrogens is 204 g/mol. The maximum Gasteiger partial charge on any atom is 0.330 e. The molecule has 1 aromatic rings. The molecule has 0 radical (unpaired) electrons. The van der Waals surface area contributed by atoms with Gasteiger partial charge in [0.05, 0.1) is 6.61 Å². The smallest absolute Gasteiger partial charge is 0.330 e. The van der Waals surface area contributed by atoms with Crippen LogP contribution in [0.3, 0.4) is 0 Å². The van der Waals surface area contributed by atoms with Gasteiger partial charge >= 0.3 is 5.97 Å². The molecular formula is C13H16O3. The van der Waals surface area contributed by atoms with Gasteiger partial charge in [0.1, 0.15) is 5.75 Å². The van der Waals surface area contributed by atoms with Crippen LogP contribution in [-0.2, 0) is 9.53 Å². The first-order valence-corrected chi connectivity index (χ1v) is 5.19. The Balaban J connectivity index is 2.93. The highest BCUT2D eigenvalue weighted by Gasteiger charge is 2.02. The van der Waals surface area contributed by atoms with Crippen molar-refractivity contribution in [3.63, 3.8) is 0 Å². The molecule has 0 aliphatic rings. The molecule has 0 unspecified atom stereocenters. The number of aryl methyl sites for hydroxylation is 2. The van der Waals surface area contributed by atoms with E-state index in [4.69, 9.17) is 4.74 Å². The van der Waals surface area contributed by atoms with Crippen LogP contribution in [0.25, 0.3) is 6.08 Å². The lowest BCUT2D eigenvalue weighted by Gasteiger charge is -2.05. The number of carbonyl (C=O) groups excluding carboxylic acids is 1. The van der Waals surface area contributed by atoms with Gasteiger partial charge in [-0.25, -0.2) is 4.79 Å². The van der Waals surface area contributed by atoms with Gasteiger partial charge < -0.3 is 9.84 Å². The van der Waals surface area contributed by atoms with Crippen molar-refractivity contribution >= 4 is 12.0 Å². The van der Waals surface area contributed by atoms with Gasteiger partial charge in [-0.3, -0.25) is 0 Å². The van der Waals surface area contributed by atoms with Gasteiger partial charge in [-0.15, -0.1) is 0 Å². The molecule has 0 atom stereocenters. The molecule has 1 rings (SSSR count). The van der Waals surface area contributed by atoms with Gasteiger partial charge in [0.25, 0.3) is 0 Å². The second kappa shape index (κ2) is 5.35. The number of rotatable bonds is 3. The van der Waals surface area contributed by atoms with E-state index in [0.717, 1.165) is 16.7 Å². The number of phenols is 1. The van der Waals surface area contributed by atoms with Crippen molar-refractivity contribution in [2.24, 2.45) is 0 Å². The molecule has 3 heteroatoms. The minimum absolute atomic E-state index is 0.239. The Morgan fingerprint density at radius 2 is 1.94 bits per heavy atom. The van der Waals surface area contributed by atoms with E-state index in [-0.39, 0.29) is 11.7 Å². The zero-order valence-electron chi connectivity index (χ0n) is 9.78. The number of phenolic OH excluding ortho intramolecular Hbond substituents is 1. The quantitative estimate of drug-likeness (QED) is 0.629. The van der Waals surface area contributed by atoms with E-state index in [0.29, 0.717) is 6.61 Å². The molecule has 1 aromatic carbocycles. The van der Waals surface area contributed by atoms with E-state index in [1.807, 2.05) is 13.8 Å². The normalized spacial score (nSPS) is 10.7. The molecule has 16 heavy (non-hydrogen) atoms. The molecule has 0 amide bonds. The summed E-state index contributed by atoms with van der Waals surface area (Å²) < 4.78 is 4.79. The van der Waals surface area contributed by atoms with E-state index in [1.165, 1.54) is 6.08 Å². The molecule has 0 saturated heterocycles. The van der Waals surface area contributed by atoms with Crippen molar-refractivity contribution in [1.29, 1.82) is 0 Å². The Morgan fingerprint density at radius 1 is 1.38 bits per heavy atom. The summed E-state index contributed by atoms with van der Waals surface area (Å²) in [5.41, 5.74) is 2.79. The fourth-order valence-corrected chi connectivity index (χ4v) is 1.56. The third kappa shape index (κ3) is 3.12. The summed E-state index contributed by atoms with van der Waals surface area (Å²) in [7, 11) is 0. The fourth-order valence-electron chi connectivity index (χ4n) is 1.56. The molecule has 0 heterocycles. The van der Waals surface area contributed by atoms with E-state index in [2.05, 4.69) is 0 Å². The molecule has 0 aliphatic carbocycles. The van der Waals surface area contributed by atoms with E-state index in [9.17, 15) is 9.90 Å². The third-order valence-corrected chi connectivity index (χ3v) is 2.25. The number of esters is 1. The van der Waals surface area contributed by atoms with Gasteiger partial charge in [-0.2, -0.15) is 0 Å². The van der Waals surface area contributed by atoms with Gasteiger partial charge in [0.2, 0.25) is 0 Å². The van der Waals surface area contributed by atoms with Gasteiger partial charge in [-0.05, 0) is 55.7 Å².